The molecule has 2 aliphatic rings. The largest absolute Gasteiger partial charge is 0.328 e. The Labute approximate surface area is 201 Å². The van der Waals surface area contributed by atoms with Crippen LogP contribution in [0.15, 0.2) is 24.7 Å². The molecule has 2 aromatic rings. The van der Waals surface area contributed by atoms with Gasteiger partial charge in [0, 0.05) is 24.8 Å². The summed E-state index contributed by atoms with van der Waals surface area (Å²) in [4.78, 5) is 20.0. The van der Waals surface area contributed by atoms with Gasteiger partial charge >= 0.3 is 0 Å². The molecule has 2 heterocycles. The highest BCUT2D eigenvalue weighted by Crippen LogP contribution is 2.26. The summed E-state index contributed by atoms with van der Waals surface area (Å²) in [5.41, 5.74) is 1.16. The summed E-state index contributed by atoms with van der Waals surface area (Å²) in [7, 11) is 0. The molecule has 8 heteroatoms. The van der Waals surface area contributed by atoms with Crippen LogP contribution < -0.4 is 10.6 Å². The van der Waals surface area contributed by atoms with Gasteiger partial charge in [-0.2, -0.15) is 0 Å². The summed E-state index contributed by atoms with van der Waals surface area (Å²) >= 11 is 0. The molecule has 6 nitrogen and oxygen atoms in total. The Hall–Kier alpha value is -2.32. The molecule has 4 rings (SSSR count). The van der Waals surface area contributed by atoms with E-state index in [2.05, 4.69) is 38.9 Å². The lowest BCUT2D eigenvalue weighted by Gasteiger charge is -2.31. The first-order valence-electron chi connectivity index (χ1n) is 12.6. The normalized spacial score (nSPS) is 19.7. The smallest absolute Gasteiger partial charge is 0.242 e. The van der Waals surface area contributed by atoms with Gasteiger partial charge in [0.15, 0.2) is 5.82 Å². The molecule has 1 aliphatic carbocycles. The third-order valence-electron chi connectivity index (χ3n) is 7.14. The van der Waals surface area contributed by atoms with Gasteiger partial charge in [-0.15, -0.1) is 0 Å². The van der Waals surface area contributed by atoms with Gasteiger partial charge < -0.3 is 20.1 Å². The summed E-state index contributed by atoms with van der Waals surface area (Å²) < 4.78 is 29.9. The molecule has 34 heavy (non-hydrogen) atoms. The number of nitrogens with one attached hydrogen (secondary N) is 2. The van der Waals surface area contributed by atoms with Crippen LogP contribution in [-0.4, -0.2) is 52.1 Å². The molecule has 0 radical (unpaired) electrons. The minimum absolute atomic E-state index is 0.0355. The highest BCUT2D eigenvalue weighted by Gasteiger charge is 2.28. The summed E-state index contributed by atoms with van der Waals surface area (Å²) in [6, 6.07) is 1.93. The second-order valence-corrected chi connectivity index (χ2v) is 10.4. The van der Waals surface area contributed by atoms with Crippen molar-refractivity contribution in [2.75, 3.05) is 25.0 Å². The summed E-state index contributed by atoms with van der Waals surface area (Å²) in [5.74, 6) is -0.623. The fraction of sp³-hybridized carbons (Fsp3) is 0.615. The first kappa shape index (κ1) is 24.8. The van der Waals surface area contributed by atoms with Crippen molar-refractivity contribution in [2.45, 2.75) is 83.3 Å². The van der Waals surface area contributed by atoms with Crippen molar-refractivity contribution in [3.05, 3.63) is 47.4 Å². The zero-order chi connectivity index (χ0) is 24.3. The Morgan fingerprint density at radius 3 is 2.76 bits per heavy atom. The monoisotopic (exact) mass is 473 g/mol. The lowest BCUT2D eigenvalue weighted by molar-refractivity contribution is -0.118. The Bertz CT molecular complexity index is 999. The van der Waals surface area contributed by atoms with Crippen molar-refractivity contribution < 1.29 is 13.6 Å². The van der Waals surface area contributed by atoms with Gasteiger partial charge in [-0.1, -0.05) is 13.3 Å². The Balaban J connectivity index is 1.38. The van der Waals surface area contributed by atoms with E-state index in [0.717, 1.165) is 44.1 Å². The summed E-state index contributed by atoms with van der Waals surface area (Å²) in [6.07, 6.45) is 9.49. The van der Waals surface area contributed by atoms with E-state index in [-0.39, 0.29) is 17.5 Å². The third-order valence-corrected chi connectivity index (χ3v) is 7.14. The van der Waals surface area contributed by atoms with E-state index in [9.17, 15) is 13.6 Å². The molecule has 1 saturated heterocycles. The van der Waals surface area contributed by atoms with Gasteiger partial charge in [-0.05, 0) is 82.7 Å². The molecule has 1 aromatic heterocycles. The molecular formula is C26H37F2N5O. The molecule has 2 N–H and O–H groups in total. The Morgan fingerprint density at radius 1 is 1.26 bits per heavy atom. The molecule has 1 aliphatic heterocycles. The van der Waals surface area contributed by atoms with E-state index in [0.29, 0.717) is 30.6 Å². The van der Waals surface area contributed by atoms with Crippen molar-refractivity contribution >= 4 is 11.7 Å². The number of aromatic nitrogens is 2. The average Bonchev–Trinajstić information content (AvgIpc) is 3.46. The molecule has 0 unspecified atom stereocenters. The molecule has 1 aromatic carbocycles. The molecule has 0 spiro atoms. The van der Waals surface area contributed by atoms with E-state index in [1.165, 1.54) is 18.9 Å². The number of nitrogens with zero attached hydrogens (tertiary/aromatic N) is 3. The number of benzene rings is 1. The number of carbonyl (C=O) groups is 1. The number of imidazole rings is 1. The average molecular weight is 474 g/mol. The summed E-state index contributed by atoms with van der Waals surface area (Å²) in [6.45, 7) is 9.63. The molecule has 186 valence electrons. The zero-order valence-electron chi connectivity index (χ0n) is 20.5. The SMILES string of the molecule is CCC[C@H](N[C@@H]1CCc2cc(F)cc(F)c2C1)C(=O)Nc1cn(C(C)(C)CN2CCCC2)cn1. The molecule has 2 atom stereocenters. The maximum atomic E-state index is 14.3. The van der Waals surface area contributed by atoms with Crippen LogP contribution in [0.5, 0.6) is 0 Å². The van der Waals surface area contributed by atoms with Crippen LogP contribution >= 0.6 is 0 Å². The Morgan fingerprint density at radius 2 is 2.03 bits per heavy atom. The maximum Gasteiger partial charge on any atom is 0.242 e. The van der Waals surface area contributed by atoms with E-state index in [1.807, 2.05) is 13.1 Å². The second-order valence-electron chi connectivity index (χ2n) is 10.4. The molecule has 0 saturated carbocycles. The maximum absolute atomic E-state index is 14.3. The highest BCUT2D eigenvalue weighted by atomic mass is 19.1. The number of aryl methyl sites for hydroxylation is 1. The molecule has 1 amide bonds. The lowest BCUT2D eigenvalue weighted by atomic mass is 9.87. The van der Waals surface area contributed by atoms with Crippen molar-refractivity contribution in [3.8, 4) is 0 Å². The predicted molar refractivity (Wildman–Crippen MR) is 130 cm³/mol. The van der Waals surface area contributed by atoms with Crippen LogP contribution in [0.25, 0.3) is 0 Å². The minimum Gasteiger partial charge on any atom is -0.328 e. The minimum atomic E-state index is -0.533. The van der Waals surface area contributed by atoms with E-state index in [4.69, 9.17) is 0 Å². The van der Waals surface area contributed by atoms with Gasteiger partial charge in [0.25, 0.3) is 0 Å². The van der Waals surface area contributed by atoms with Crippen LogP contribution in [-0.2, 0) is 23.2 Å². The molecule has 1 fully saturated rings. The lowest BCUT2D eigenvalue weighted by Crippen LogP contribution is -2.48. The first-order chi connectivity index (χ1) is 16.2. The number of rotatable bonds is 9. The number of anilines is 1. The van der Waals surface area contributed by atoms with E-state index < -0.39 is 17.7 Å². The predicted octanol–water partition coefficient (Wildman–Crippen LogP) is 4.25. The van der Waals surface area contributed by atoms with Crippen LogP contribution in [0.2, 0.25) is 0 Å². The number of amides is 1. The molecular weight excluding hydrogens is 436 g/mol. The number of halogens is 2. The van der Waals surface area contributed by atoms with E-state index >= 15 is 0 Å². The van der Waals surface area contributed by atoms with Crippen molar-refractivity contribution in [2.24, 2.45) is 0 Å². The van der Waals surface area contributed by atoms with Gasteiger partial charge in [-0.25, -0.2) is 13.8 Å². The quantitative estimate of drug-likeness (QED) is 0.572. The van der Waals surface area contributed by atoms with Crippen molar-refractivity contribution in [1.82, 2.24) is 19.8 Å². The van der Waals surface area contributed by atoms with Gasteiger partial charge in [0.05, 0.1) is 17.9 Å². The van der Waals surface area contributed by atoms with Crippen LogP contribution in [0.4, 0.5) is 14.6 Å². The fourth-order valence-electron chi connectivity index (χ4n) is 5.29. The molecule has 0 bridgehead atoms. The summed E-state index contributed by atoms with van der Waals surface area (Å²) in [5, 5.41) is 6.40. The Kier molecular flexibility index (Phi) is 7.67. The third kappa shape index (κ3) is 5.84. The first-order valence-corrected chi connectivity index (χ1v) is 12.6. The topological polar surface area (TPSA) is 62.2 Å². The van der Waals surface area contributed by atoms with Gasteiger partial charge in [0.1, 0.15) is 11.6 Å². The number of hydrogen-bond donors (Lipinski definition) is 2. The highest BCUT2D eigenvalue weighted by molar-refractivity contribution is 5.94. The zero-order valence-corrected chi connectivity index (χ0v) is 20.5. The standard InChI is InChI=1S/C26H37F2N5O/c1-4-7-23(30-20-9-8-18-12-19(27)13-22(28)21(18)14-20)25(34)31-24-15-33(17-29-24)26(2,3)16-32-10-5-6-11-32/h12-13,15,17,20,23,30H,4-11,14,16H2,1-3H3,(H,31,34)/t20-,23+/m1/s1. The fourth-order valence-corrected chi connectivity index (χ4v) is 5.29. The van der Waals surface area contributed by atoms with E-state index in [1.54, 1.807) is 6.33 Å². The second kappa shape index (κ2) is 10.5. The number of likely N-dealkylation sites (tertiary alicyclic amines) is 1. The number of carbonyl (C=O) groups excluding carboxylic acids is 1. The number of hydrogen-bond acceptors (Lipinski definition) is 4. The van der Waals surface area contributed by atoms with Crippen LogP contribution in [0.1, 0.15) is 64.0 Å². The van der Waals surface area contributed by atoms with Crippen molar-refractivity contribution in [3.63, 3.8) is 0 Å². The van der Waals surface area contributed by atoms with Gasteiger partial charge in [0.2, 0.25) is 5.91 Å². The van der Waals surface area contributed by atoms with Crippen molar-refractivity contribution in [1.29, 1.82) is 0 Å². The van der Waals surface area contributed by atoms with Crippen LogP contribution in [0.3, 0.4) is 0 Å². The number of fused-ring (bicyclic) bond motifs is 1. The van der Waals surface area contributed by atoms with Crippen LogP contribution in [0, 0.1) is 11.6 Å². The van der Waals surface area contributed by atoms with Gasteiger partial charge in [-0.3, -0.25) is 4.79 Å².